The zero-order chi connectivity index (χ0) is 20.1. The molecule has 13 heteroatoms. The van der Waals surface area contributed by atoms with Gasteiger partial charge >= 0.3 is 23.9 Å². The summed E-state index contributed by atoms with van der Waals surface area (Å²) in [6, 6.07) is -0.683. The van der Waals surface area contributed by atoms with Gasteiger partial charge in [-0.05, 0) is 18.4 Å². The number of carboxylic acids is 4. The molecule has 0 aliphatic heterocycles. The van der Waals surface area contributed by atoms with Gasteiger partial charge in [0, 0.05) is 0 Å². The van der Waals surface area contributed by atoms with E-state index in [9.17, 15) is 19.2 Å². The smallest absolute Gasteiger partial charge is 0.320 e. The third-order valence-electron chi connectivity index (χ3n) is 1.47. The molecule has 0 aromatic carbocycles. The van der Waals surface area contributed by atoms with Gasteiger partial charge in [-0.15, -0.1) is 0 Å². The minimum absolute atomic E-state index is 0.278. The van der Waals surface area contributed by atoms with E-state index < -0.39 is 29.9 Å². The molecule has 0 aromatic heterocycles. The van der Waals surface area contributed by atoms with E-state index >= 15 is 0 Å². The van der Waals surface area contributed by atoms with Gasteiger partial charge in [-0.3, -0.25) is 19.2 Å². The van der Waals surface area contributed by atoms with Crippen LogP contribution in [0.15, 0.2) is 0 Å². The molecule has 1 unspecified atom stereocenters. The number of aliphatic carboxylic acids is 4. The van der Waals surface area contributed by atoms with Crippen LogP contribution in [0.5, 0.6) is 0 Å². The number of nitrogens with two attached hydrogens (primary N) is 4. The van der Waals surface area contributed by atoms with Crippen molar-refractivity contribution in [2.75, 3.05) is 31.6 Å². The van der Waals surface area contributed by atoms with Gasteiger partial charge in [-0.1, -0.05) is 0 Å². The van der Waals surface area contributed by atoms with E-state index in [0.717, 1.165) is 5.75 Å². The Balaban J connectivity index is -0.000000116. The van der Waals surface area contributed by atoms with Gasteiger partial charge in [0.25, 0.3) is 0 Å². The molecular weight excluding hydrogens is 348 g/mol. The average Bonchev–Trinajstić information content (AvgIpc) is 2.53. The molecule has 144 valence electrons. The largest absolute Gasteiger partial charge is 0.480 e. The maximum Gasteiger partial charge on any atom is 0.320 e. The predicted molar refractivity (Wildman–Crippen MR) is 88.7 cm³/mol. The Labute approximate surface area is 143 Å². The lowest BCUT2D eigenvalue weighted by atomic mass is 10.2. The Hall–Kier alpha value is -1.93. The number of rotatable bonds is 7. The van der Waals surface area contributed by atoms with E-state index in [1.165, 1.54) is 0 Å². The first-order valence-electron chi connectivity index (χ1n) is 6.22. The number of hydrogen-bond donors (Lipinski definition) is 8. The SMILES string of the molecule is CSCCC(N)C(=O)O.NCC(=O)O.NCC(=O)O.NCC(=O)O. The monoisotopic (exact) mass is 374 g/mol. The van der Waals surface area contributed by atoms with Crippen LogP contribution in [0.1, 0.15) is 6.42 Å². The standard InChI is InChI=1S/C5H11NO2S.3C2H5NO2/c1-9-3-2-4(6)5(7)8;3*3-1-2(4)5/h4H,2-3,6H2,1H3,(H,7,8);3*1,3H2,(H,4,5). The molecule has 1 atom stereocenters. The van der Waals surface area contributed by atoms with E-state index in [0.29, 0.717) is 6.42 Å². The Morgan fingerprint density at radius 3 is 1.21 bits per heavy atom. The van der Waals surface area contributed by atoms with Crippen molar-refractivity contribution in [3.63, 3.8) is 0 Å². The van der Waals surface area contributed by atoms with Crippen LogP contribution in [0.3, 0.4) is 0 Å². The Bertz CT molecular complexity index is 324. The molecule has 0 aliphatic carbocycles. The van der Waals surface area contributed by atoms with E-state index in [4.69, 9.17) is 26.2 Å². The summed E-state index contributed by atoms with van der Waals surface area (Å²) in [5, 5.41) is 31.1. The topological polar surface area (TPSA) is 253 Å². The highest BCUT2D eigenvalue weighted by atomic mass is 32.2. The van der Waals surface area contributed by atoms with Crippen LogP contribution in [0, 0.1) is 0 Å². The minimum Gasteiger partial charge on any atom is -0.480 e. The molecule has 0 spiro atoms. The average molecular weight is 374 g/mol. The highest BCUT2D eigenvalue weighted by Gasteiger charge is 2.08. The first-order valence-corrected chi connectivity index (χ1v) is 7.62. The predicted octanol–water partition coefficient (Wildman–Crippen LogP) is -2.76. The molecule has 0 amide bonds. The maximum absolute atomic E-state index is 10.1. The molecule has 0 aliphatic rings. The van der Waals surface area contributed by atoms with Gasteiger partial charge < -0.3 is 43.4 Å². The lowest BCUT2D eigenvalue weighted by Gasteiger charge is -2.02. The normalized spacial score (nSPS) is 9.54. The number of hydrogen-bond acceptors (Lipinski definition) is 9. The number of carboxylic acid groups (broad SMARTS) is 4. The zero-order valence-electron chi connectivity index (χ0n) is 13.3. The summed E-state index contributed by atoms with van der Waals surface area (Å²) in [6.45, 7) is -0.833. The molecule has 0 rings (SSSR count). The minimum atomic E-state index is -0.968. The Kier molecular flexibility index (Phi) is 29.2. The summed E-state index contributed by atoms with van der Waals surface area (Å²) >= 11 is 1.60. The molecule has 12 N–H and O–H groups in total. The number of carbonyl (C=O) groups is 4. The van der Waals surface area contributed by atoms with Crippen LogP contribution in [-0.2, 0) is 19.2 Å². The van der Waals surface area contributed by atoms with Gasteiger partial charge in [0.15, 0.2) is 0 Å². The fraction of sp³-hybridized carbons (Fsp3) is 0.636. The number of thioether (sulfide) groups is 1. The highest BCUT2D eigenvalue weighted by Crippen LogP contribution is 1.97. The molecule has 0 heterocycles. The van der Waals surface area contributed by atoms with Gasteiger partial charge in [0.1, 0.15) is 6.04 Å². The van der Waals surface area contributed by atoms with Crippen LogP contribution in [0.2, 0.25) is 0 Å². The Morgan fingerprint density at radius 1 is 0.833 bits per heavy atom. The molecule has 0 saturated carbocycles. The van der Waals surface area contributed by atoms with Crippen LogP contribution in [0.4, 0.5) is 0 Å². The van der Waals surface area contributed by atoms with E-state index in [1.807, 2.05) is 6.26 Å². The summed E-state index contributed by atoms with van der Waals surface area (Å²) in [6.07, 6.45) is 2.48. The Morgan fingerprint density at radius 2 is 1.08 bits per heavy atom. The fourth-order valence-corrected chi connectivity index (χ4v) is 0.858. The second-order valence-electron chi connectivity index (χ2n) is 3.52. The summed E-state index contributed by atoms with van der Waals surface area (Å²) < 4.78 is 0. The van der Waals surface area contributed by atoms with Gasteiger partial charge in [-0.25, -0.2) is 0 Å². The van der Waals surface area contributed by atoms with E-state index in [1.54, 1.807) is 11.8 Å². The van der Waals surface area contributed by atoms with Gasteiger partial charge in [-0.2, -0.15) is 11.8 Å². The van der Waals surface area contributed by atoms with Gasteiger partial charge in [0.2, 0.25) is 0 Å². The van der Waals surface area contributed by atoms with E-state index in [-0.39, 0.29) is 19.6 Å². The maximum atomic E-state index is 10.1. The van der Waals surface area contributed by atoms with Crippen molar-refractivity contribution in [2.45, 2.75) is 12.5 Å². The van der Waals surface area contributed by atoms with Crippen molar-refractivity contribution in [1.29, 1.82) is 0 Å². The molecule has 0 radical (unpaired) electrons. The van der Waals surface area contributed by atoms with Crippen molar-refractivity contribution in [3.8, 4) is 0 Å². The van der Waals surface area contributed by atoms with Crippen LogP contribution in [-0.4, -0.2) is 82.0 Å². The first kappa shape index (κ1) is 30.0. The van der Waals surface area contributed by atoms with Crippen molar-refractivity contribution in [2.24, 2.45) is 22.9 Å². The lowest BCUT2D eigenvalue weighted by Crippen LogP contribution is -2.30. The van der Waals surface area contributed by atoms with E-state index in [2.05, 4.69) is 17.2 Å². The van der Waals surface area contributed by atoms with Crippen molar-refractivity contribution >= 4 is 35.6 Å². The third-order valence-corrected chi connectivity index (χ3v) is 2.12. The second-order valence-corrected chi connectivity index (χ2v) is 4.51. The molecular formula is C11H26N4O8S. The van der Waals surface area contributed by atoms with Crippen LogP contribution >= 0.6 is 11.8 Å². The summed E-state index contributed by atoms with van der Waals surface area (Å²) in [5.74, 6) is -3.00. The van der Waals surface area contributed by atoms with Crippen LogP contribution < -0.4 is 22.9 Å². The summed E-state index contributed by atoms with van der Waals surface area (Å²) in [7, 11) is 0. The van der Waals surface area contributed by atoms with Crippen molar-refractivity contribution in [1.82, 2.24) is 0 Å². The first-order chi connectivity index (χ1) is 11.0. The molecule has 0 aromatic rings. The molecule has 12 nitrogen and oxygen atoms in total. The van der Waals surface area contributed by atoms with Crippen LogP contribution in [0.25, 0.3) is 0 Å². The molecule has 24 heavy (non-hydrogen) atoms. The second kappa shape index (κ2) is 23.3. The highest BCUT2D eigenvalue weighted by molar-refractivity contribution is 7.98. The molecule has 0 fully saturated rings. The molecule has 0 saturated heterocycles. The van der Waals surface area contributed by atoms with Gasteiger partial charge in [0.05, 0.1) is 19.6 Å². The molecule has 0 bridgehead atoms. The van der Waals surface area contributed by atoms with Crippen molar-refractivity contribution in [3.05, 3.63) is 0 Å². The third kappa shape index (κ3) is 50.1. The fourth-order valence-electron chi connectivity index (χ4n) is 0.368. The zero-order valence-corrected chi connectivity index (χ0v) is 14.1. The summed E-state index contributed by atoms with van der Waals surface area (Å²) in [4.78, 5) is 37.8. The quantitative estimate of drug-likeness (QED) is 0.225. The van der Waals surface area contributed by atoms with Crippen molar-refractivity contribution < 1.29 is 39.6 Å². The lowest BCUT2D eigenvalue weighted by molar-refractivity contribution is -0.139. The summed E-state index contributed by atoms with van der Waals surface area (Å²) in [5.41, 5.74) is 18.9.